The Morgan fingerprint density at radius 2 is 1.61 bits per heavy atom. The van der Waals surface area contributed by atoms with Crippen molar-refractivity contribution in [3.8, 4) is 0 Å². The number of hydrazone groups is 1. The van der Waals surface area contributed by atoms with Crippen molar-refractivity contribution in [1.82, 2.24) is 9.73 Å². The number of hydrogen-bond acceptors (Lipinski definition) is 4. The van der Waals surface area contributed by atoms with Crippen LogP contribution >= 0.6 is 50.7 Å². The quantitative estimate of drug-likeness (QED) is 0.269. The van der Waals surface area contributed by atoms with Crippen LogP contribution < -0.4 is 5.43 Å². The molecule has 3 aromatic rings. The van der Waals surface area contributed by atoms with Crippen LogP contribution in [0.15, 0.2) is 81.2 Å². The lowest BCUT2D eigenvalue weighted by Gasteiger charge is -2.22. The maximum Gasteiger partial charge on any atom is 0.255 e. The highest BCUT2D eigenvalue weighted by Crippen LogP contribution is 2.25. The highest BCUT2D eigenvalue weighted by atomic mass is 79.9. The topological polar surface area (TPSA) is 78.8 Å². The maximum absolute atomic E-state index is 13.3. The summed E-state index contributed by atoms with van der Waals surface area (Å²) in [6, 6.07) is 17.7. The fourth-order valence-corrected chi connectivity index (χ4v) is 4.98. The summed E-state index contributed by atoms with van der Waals surface area (Å²) in [4.78, 5) is 12.6. The van der Waals surface area contributed by atoms with Gasteiger partial charge in [-0.05, 0) is 59.7 Å². The van der Waals surface area contributed by atoms with Gasteiger partial charge in [-0.1, -0.05) is 68.9 Å². The largest absolute Gasteiger partial charge is 0.272 e. The van der Waals surface area contributed by atoms with Gasteiger partial charge < -0.3 is 0 Å². The molecule has 0 unspecified atom stereocenters. The minimum absolute atomic E-state index is 0.0354. The van der Waals surface area contributed by atoms with Crippen molar-refractivity contribution in [2.24, 2.45) is 5.10 Å². The van der Waals surface area contributed by atoms with Gasteiger partial charge in [0.2, 0.25) is 10.0 Å². The summed E-state index contributed by atoms with van der Waals surface area (Å²) in [6.07, 6.45) is 1.43. The zero-order chi connectivity index (χ0) is 24.0. The van der Waals surface area contributed by atoms with Gasteiger partial charge in [0.1, 0.15) is 0 Å². The minimum atomic E-state index is -4.03. The number of sulfonamides is 1. The molecule has 0 aromatic heterocycles. The number of nitrogens with one attached hydrogen (secondary N) is 1. The molecule has 11 heteroatoms. The Balaban J connectivity index is 1.82. The Labute approximate surface area is 215 Å². The van der Waals surface area contributed by atoms with Crippen molar-refractivity contribution in [2.75, 3.05) is 6.54 Å². The van der Waals surface area contributed by atoms with Gasteiger partial charge in [-0.15, -0.1) is 0 Å². The molecule has 0 saturated heterocycles. The normalized spacial score (nSPS) is 11.8. The molecule has 0 fully saturated rings. The molecule has 1 N–H and O–H groups in total. The number of benzene rings is 3. The fourth-order valence-electron chi connectivity index (χ4n) is 2.74. The fraction of sp³-hybridized carbons (Fsp3) is 0.0909. The summed E-state index contributed by atoms with van der Waals surface area (Å²) in [7, 11) is -4.03. The Morgan fingerprint density at radius 3 is 2.24 bits per heavy atom. The molecule has 1 amide bonds. The van der Waals surface area contributed by atoms with Gasteiger partial charge in [0.15, 0.2) is 0 Å². The van der Waals surface area contributed by atoms with E-state index in [2.05, 4.69) is 26.5 Å². The molecule has 3 rings (SSSR count). The molecule has 0 saturated carbocycles. The van der Waals surface area contributed by atoms with Gasteiger partial charge in [-0.3, -0.25) is 4.79 Å². The highest BCUT2D eigenvalue weighted by Gasteiger charge is 2.27. The summed E-state index contributed by atoms with van der Waals surface area (Å²) < 4.78 is 28.4. The van der Waals surface area contributed by atoms with E-state index < -0.39 is 22.5 Å². The number of nitrogens with zero attached hydrogens (tertiary/aromatic N) is 2. The molecule has 0 bridgehead atoms. The van der Waals surface area contributed by atoms with Crippen molar-refractivity contribution in [3.63, 3.8) is 0 Å². The molecule has 0 atom stereocenters. The standard InChI is InChI=1S/C22H17BrCl3N3O3S/c23-17-4-9-20(10-5-17)33(31,32)29(13-16-3-8-19(25)11-21(16)26)14-22(30)28-27-12-15-1-6-18(24)7-2-15/h1-12H,13-14H2,(H,28,30)/b27-12+. The second-order valence-corrected chi connectivity index (χ2v) is 10.9. The van der Waals surface area contributed by atoms with Gasteiger partial charge in [-0.2, -0.15) is 9.41 Å². The van der Waals surface area contributed by atoms with E-state index in [0.717, 1.165) is 8.78 Å². The molecule has 3 aromatic carbocycles. The third-order valence-electron chi connectivity index (χ3n) is 4.41. The molecule has 0 heterocycles. The molecular formula is C22H17BrCl3N3O3S. The molecule has 0 aliphatic carbocycles. The van der Waals surface area contributed by atoms with E-state index in [4.69, 9.17) is 34.8 Å². The first-order valence-electron chi connectivity index (χ1n) is 9.42. The van der Waals surface area contributed by atoms with E-state index in [-0.39, 0.29) is 11.4 Å². The van der Waals surface area contributed by atoms with Crippen LogP contribution in [0.4, 0.5) is 0 Å². The summed E-state index contributed by atoms with van der Waals surface area (Å²) in [5.41, 5.74) is 3.56. The first-order valence-corrected chi connectivity index (χ1v) is 12.8. The van der Waals surface area contributed by atoms with Crippen molar-refractivity contribution >= 4 is 72.9 Å². The molecule has 33 heavy (non-hydrogen) atoms. The summed E-state index contributed by atoms with van der Waals surface area (Å²) in [6.45, 7) is -0.613. The van der Waals surface area contributed by atoms with Gasteiger partial charge in [0.05, 0.1) is 17.7 Å². The summed E-state index contributed by atoms with van der Waals surface area (Å²) >= 11 is 21.3. The van der Waals surface area contributed by atoms with Crippen molar-refractivity contribution in [1.29, 1.82) is 0 Å². The van der Waals surface area contributed by atoms with Crippen molar-refractivity contribution in [3.05, 3.63) is 97.4 Å². The van der Waals surface area contributed by atoms with Gasteiger partial charge in [-0.25, -0.2) is 13.8 Å². The zero-order valence-electron chi connectivity index (χ0n) is 16.9. The minimum Gasteiger partial charge on any atom is -0.272 e. The van der Waals surface area contributed by atoms with Crippen LogP contribution in [0.1, 0.15) is 11.1 Å². The monoisotopic (exact) mass is 587 g/mol. The lowest BCUT2D eigenvalue weighted by molar-refractivity contribution is -0.121. The van der Waals surface area contributed by atoms with Gasteiger partial charge >= 0.3 is 0 Å². The first kappa shape index (κ1) is 25.7. The Hall–Kier alpha value is -1.94. The summed E-state index contributed by atoms with van der Waals surface area (Å²) in [5.74, 6) is -0.619. The summed E-state index contributed by atoms with van der Waals surface area (Å²) in [5, 5.41) is 5.17. The smallest absolute Gasteiger partial charge is 0.255 e. The molecule has 0 aliphatic rings. The number of hydrogen-bond donors (Lipinski definition) is 1. The Bertz CT molecular complexity index is 1270. The molecule has 6 nitrogen and oxygen atoms in total. The predicted molar refractivity (Wildman–Crippen MR) is 135 cm³/mol. The van der Waals surface area contributed by atoms with Crippen LogP contribution in [0.5, 0.6) is 0 Å². The Kier molecular flexibility index (Phi) is 8.92. The highest BCUT2D eigenvalue weighted by molar-refractivity contribution is 9.10. The van der Waals surface area contributed by atoms with Gasteiger partial charge in [0, 0.05) is 26.1 Å². The van der Waals surface area contributed by atoms with E-state index in [1.54, 1.807) is 48.5 Å². The molecule has 0 spiro atoms. The molecule has 172 valence electrons. The SMILES string of the molecule is O=C(CN(Cc1ccc(Cl)cc1Cl)S(=O)(=O)c1ccc(Br)cc1)N/N=C/c1ccc(Cl)cc1. The number of carbonyl (C=O) groups excluding carboxylic acids is 1. The average Bonchev–Trinajstić information content (AvgIpc) is 2.76. The maximum atomic E-state index is 13.3. The van der Waals surface area contributed by atoms with Gasteiger partial charge in [0.25, 0.3) is 5.91 Å². The third kappa shape index (κ3) is 7.27. The van der Waals surface area contributed by atoms with Crippen molar-refractivity contribution < 1.29 is 13.2 Å². The molecular weight excluding hydrogens is 573 g/mol. The van der Waals surface area contributed by atoms with Crippen LogP contribution in [-0.2, 0) is 21.4 Å². The lowest BCUT2D eigenvalue weighted by Crippen LogP contribution is -2.39. The van der Waals surface area contributed by atoms with Crippen LogP contribution in [0, 0.1) is 0 Å². The zero-order valence-corrected chi connectivity index (χ0v) is 21.6. The van der Waals surface area contributed by atoms with E-state index in [1.807, 2.05) is 0 Å². The molecule has 0 aliphatic heterocycles. The van der Waals surface area contributed by atoms with E-state index in [0.29, 0.717) is 26.2 Å². The second-order valence-electron chi connectivity index (χ2n) is 6.81. The van der Waals surface area contributed by atoms with Crippen molar-refractivity contribution in [2.45, 2.75) is 11.4 Å². The first-order chi connectivity index (χ1) is 15.6. The van der Waals surface area contributed by atoms with E-state index in [1.165, 1.54) is 24.4 Å². The predicted octanol–water partition coefficient (Wildman–Crippen LogP) is 5.75. The number of rotatable bonds is 8. The van der Waals surface area contributed by atoms with Crippen LogP contribution in [0.2, 0.25) is 15.1 Å². The van der Waals surface area contributed by atoms with E-state index >= 15 is 0 Å². The number of halogens is 4. The lowest BCUT2D eigenvalue weighted by atomic mass is 10.2. The second kappa shape index (κ2) is 11.5. The van der Waals surface area contributed by atoms with Crippen LogP contribution in [0.3, 0.4) is 0 Å². The Morgan fingerprint density at radius 1 is 0.970 bits per heavy atom. The van der Waals surface area contributed by atoms with Crippen LogP contribution in [0.25, 0.3) is 0 Å². The van der Waals surface area contributed by atoms with Crippen LogP contribution in [-0.4, -0.2) is 31.4 Å². The number of amides is 1. The third-order valence-corrected chi connectivity index (χ3v) is 7.58. The average molecular weight is 590 g/mol. The van der Waals surface area contributed by atoms with E-state index in [9.17, 15) is 13.2 Å². The molecule has 0 radical (unpaired) electrons. The number of carbonyl (C=O) groups is 1.